The van der Waals surface area contributed by atoms with Crippen LogP contribution in [0.5, 0.6) is 0 Å². The number of nitrogens with one attached hydrogen (secondary N) is 1. The van der Waals surface area contributed by atoms with Crippen LogP contribution in [0.2, 0.25) is 0 Å². The van der Waals surface area contributed by atoms with Crippen LogP contribution in [0.1, 0.15) is 44.7 Å². The minimum absolute atomic E-state index is 0.818. The highest BCUT2D eigenvalue weighted by molar-refractivity contribution is 7.71. The summed E-state index contributed by atoms with van der Waals surface area (Å²) < 4.78 is 5.19. The number of hydrogen-bond acceptors (Lipinski definition) is 2. The van der Waals surface area contributed by atoms with Crippen LogP contribution in [0.25, 0.3) is 11.2 Å². The minimum Gasteiger partial charge on any atom is -0.328 e. The zero-order chi connectivity index (χ0) is 14.6. The molecular formula is C16H24N4S. The predicted octanol–water partition coefficient (Wildman–Crippen LogP) is 3.82. The first-order chi connectivity index (χ1) is 10.2. The average Bonchev–Trinajstić information content (AvgIpc) is 3.17. The number of H-pyrrole nitrogens is 1. The summed E-state index contributed by atoms with van der Waals surface area (Å²) in [6, 6.07) is 0. The van der Waals surface area contributed by atoms with E-state index in [0.717, 1.165) is 53.1 Å². The van der Waals surface area contributed by atoms with Gasteiger partial charge in [0.15, 0.2) is 10.4 Å². The number of hydrogen-bond donors (Lipinski definition) is 1. The summed E-state index contributed by atoms with van der Waals surface area (Å²) in [6.45, 7) is 3.27. The molecule has 1 N–H and O–H groups in total. The summed E-state index contributed by atoms with van der Waals surface area (Å²) in [4.78, 5) is 3.41. The number of fused-ring (bicyclic) bond motifs is 3. The lowest BCUT2D eigenvalue weighted by Gasteiger charge is -2.22. The van der Waals surface area contributed by atoms with E-state index in [-0.39, 0.29) is 0 Å². The van der Waals surface area contributed by atoms with Gasteiger partial charge in [-0.25, -0.2) is 0 Å². The molecule has 0 aliphatic heterocycles. The average molecular weight is 304 g/mol. The van der Waals surface area contributed by atoms with Crippen molar-refractivity contribution in [3.63, 3.8) is 0 Å². The normalized spacial score (nSPS) is 28.0. The van der Waals surface area contributed by atoms with Gasteiger partial charge in [-0.3, -0.25) is 4.68 Å². The molecule has 2 aromatic heterocycles. The van der Waals surface area contributed by atoms with E-state index in [2.05, 4.69) is 21.6 Å². The maximum atomic E-state index is 5.60. The predicted molar refractivity (Wildman–Crippen MR) is 86.8 cm³/mol. The molecule has 2 heterocycles. The standard InChI is InChI=1S/C16H24N4S/c1-3-4-13-14-15(19(2)18-13)20(16(21)17-14)9-12-8-10-5-6-11(12)7-10/h10-12H,3-9H2,1-2H3,(H,17,21). The van der Waals surface area contributed by atoms with Crippen LogP contribution in [0.3, 0.4) is 0 Å². The first kappa shape index (κ1) is 13.6. The molecule has 4 rings (SSSR count). The number of rotatable bonds is 4. The van der Waals surface area contributed by atoms with E-state index in [4.69, 9.17) is 12.2 Å². The Hall–Kier alpha value is -1.10. The van der Waals surface area contributed by atoms with Gasteiger partial charge in [0.1, 0.15) is 5.52 Å². The number of imidazole rings is 1. The van der Waals surface area contributed by atoms with Gasteiger partial charge in [0, 0.05) is 13.6 Å². The second-order valence-electron chi connectivity index (χ2n) is 6.99. The largest absolute Gasteiger partial charge is 0.328 e. The summed E-state index contributed by atoms with van der Waals surface area (Å²) >= 11 is 5.60. The Kier molecular flexibility index (Phi) is 3.21. The highest BCUT2D eigenvalue weighted by atomic mass is 32.1. The lowest BCUT2D eigenvalue weighted by Crippen LogP contribution is -2.18. The van der Waals surface area contributed by atoms with E-state index in [0.29, 0.717) is 0 Å². The van der Waals surface area contributed by atoms with E-state index in [1.165, 1.54) is 31.3 Å². The third-order valence-electron chi connectivity index (χ3n) is 5.61. The van der Waals surface area contributed by atoms with Crippen molar-refractivity contribution < 1.29 is 0 Å². The first-order valence-corrected chi connectivity index (χ1v) is 8.72. The number of nitrogens with zero attached hydrogens (tertiary/aromatic N) is 3. The Bertz CT molecular complexity index is 723. The Morgan fingerprint density at radius 2 is 2.19 bits per heavy atom. The van der Waals surface area contributed by atoms with Crippen molar-refractivity contribution in [2.75, 3.05) is 0 Å². The fourth-order valence-corrected chi connectivity index (χ4v) is 4.96. The molecule has 2 aromatic rings. The second-order valence-corrected chi connectivity index (χ2v) is 7.38. The molecule has 2 aliphatic carbocycles. The van der Waals surface area contributed by atoms with Crippen molar-refractivity contribution in [3.05, 3.63) is 10.5 Å². The van der Waals surface area contributed by atoms with Gasteiger partial charge in [-0.15, -0.1) is 0 Å². The molecule has 114 valence electrons. The summed E-state index contributed by atoms with van der Waals surface area (Å²) in [7, 11) is 2.04. The number of aromatic amines is 1. The fraction of sp³-hybridized carbons (Fsp3) is 0.750. The summed E-state index contributed by atoms with van der Waals surface area (Å²) in [5.41, 5.74) is 3.51. The molecule has 2 bridgehead atoms. The van der Waals surface area contributed by atoms with Gasteiger partial charge in [0.05, 0.1) is 5.69 Å². The molecule has 2 fully saturated rings. The van der Waals surface area contributed by atoms with Crippen molar-refractivity contribution >= 4 is 23.4 Å². The molecule has 21 heavy (non-hydrogen) atoms. The Balaban J connectivity index is 1.71. The molecule has 0 radical (unpaired) electrons. The van der Waals surface area contributed by atoms with Gasteiger partial charge in [-0.05, 0) is 55.7 Å². The molecule has 5 heteroatoms. The van der Waals surface area contributed by atoms with Crippen molar-refractivity contribution in [1.82, 2.24) is 19.3 Å². The Labute approximate surface area is 130 Å². The molecule has 0 spiro atoms. The topological polar surface area (TPSA) is 38.5 Å². The van der Waals surface area contributed by atoms with Gasteiger partial charge in [0.2, 0.25) is 0 Å². The molecule has 2 saturated carbocycles. The van der Waals surface area contributed by atoms with Gasteiger partial charge in [-0.1, -0.05) is 19.8 Å². The molecule has 0 amide bonds. The van der Waals surface area contributed by atoms with Crippen molar-refractivity contribution in [1.29, 1.82) is 0 Å². The zero-order valence-corrected chi connectivity index (χ0v) is 13.7. The van der Waals surface area contributed by atoms with Crippen LogP contribution in [-0.4, -0.2) is 19.3 Å². The van der Waals surface area contributed by atoms with Gasteiger partial charge in [0.25, 0.3) is 0 Å². The Morgan fingerprint density at radius 1 is 1.33 bits per heavy atom. The molecule has 4 nitrogen and oxygen atoms in total. The second kappa shape index (κ2) is 4.97. The maximum Gasteiger partial charge on any atom is 0.179 e. The van der Waals surface area contributed by atoms with Crippen LogP contribution < -0.4 is 0 Å². The lowest BCUT2D eigenvalue weighted by molar-refractivity contribution is 0.296. The maximum absolute atomic E-state index is 5.60. The van der Waals surface area contributed by atoms with Crippen LogP contribution in [0, 0.1) is 22.5 Å². The van der Waals surface area contributed by atoms with Gasteiger partial charge < -0.3 is 9.55 Å². The van der Waals surface area contributed by atoms with Gasteiger partial charge in [-0.2, -0.15) is 5.10 Å². The summed E-state index contributed by atoms with van der Waals surface area (Å²) in [6.07, 6.45) is 7.88. The van der Waals surface area contributed by atoms with Crippen LogP contribution in [0.15, 0.2) is 0 Å². The summed E-state index contributed by atoms with van der Waals surface area (Å²) in [5.74, 6) is 2.75. The quantitative estimate of drug-likeness (QED) is 0.872. The number of aryl methyl sites for hydroxylation is 2. The zero-order valence-electron chi connectivity index (χ0n) is 12.9. The molecule has 0 saturated heterocycles. The van der Waals surface area contributed by atoms with E-state index in [1.807, 2.05) is 11.7 Å². The van der Waals surface area contributed by atoms with Crippen molar-refractivity contribution in [2.45, 2.75) is 52.0 Å². The van der Waals surface area contributed by atoms with Gasteiger partial charge >= 0.3 is 0 Å². The van der Waals surface area contributed by atoms with E-state index in [9.17, 15) is 0 Å². The molecule has 3 unspecified atom stereocenters. The number of aromatic nitrogens is 4. The Morgan fingerprint density at radius 3 is 2.86 bits per heavy atom. The SMILES string of the molecule is CCCc1nn(C)c2c1[nH]c(=S)n2CC1CC2CCC1C2. The van der Waals surface area contributed by atoms with Crippen LogP contribution in [0.4, 0.5) is 0 Å². The third kappa shape index (κ3) is 2.08. The van der Waals surface area contributed by atoms with Crippen molar-refractivity contribution in [3.8, 4) is 0 Å². The van der Waals surface area contributed by atoms with Crippen LogP contribution in [-0.2, 0) is 20.0 Å². The highest BCUT2D eigenvalue weighted by Gasteiger charge is 2.39. The molecule has 3 atom stereocenters. The molecule has 0 aromatic carbocycles. The lowest BCUT2D eigenvalue weighted by atomic mass is 9.89. The van der Waals surface area contributed by atoms with E-state index < -0.39 is 0 Å². The fourth-order valence-electron chi connectivity index (χ4n) is 4.69. The highest BCUT2D eigenvalue weighted by Crippen LogP contribution is 2.49. The smallest absolute Gasteiger partial charge is 0.179 e. The third-order valence-corrected chi connectivity index (χ3v) is 5.93. The summed E-state index contributed by atoms with van der Waals surface area (Å²) in [5, 5.41) is 4.68. The van der Waals surface area contributed by atoms with Crippen LogP contribution >= 0.6 is 12.2 Å². The van der Waals surface area contributed by atoms with E-state index in [1.54, 1.807) is 0 Å². The van der Waals surface area contributed by atoms with Crippen molar-refractivity contribution in [2.24, 2.45) is 24.8 Å². The first-order valence-electron chi connectivity index (χ1n) is 8.31. The molecule has 2 aliphatic rings. The van der Waals surface area contributed by atoms with E-state index >= 15 is 0 Å². The molecular weight excluding hydrogens is 280 g/mol. The monoisotopic (exact) mass is 304 g/mol. The minimum atomic E-state index is 0.818.